The van der Waals surface area contributed by atoms with Gasteiger partial charge < -0.3 is 78.4 Å². The maximum Gasteiger partial charge on any atom is 0.331 e. The molecule has 64 heavy (non-hydrogen) atoms. The molecule has 4 saturated heterocycles. The molecule has 0 radical (unpaired) electrons. The van der Waals surface area contributed by atoms with Crippen LogP contribution in [0.5, 0.6) is 0 Å². The first-order chi connectivity index (χ1) is 30.3. The Morgan fingerprint density at radius 3 is 1.61 bits per heavy atom. The van der Waals surface area contributed by atoms with Crippen LogP contribution in [0.3, 0.4) is 0 Å². The van der Waals surface area contributed by atoms with E-state index in [9.17, 15) is 40.5 Å². The van der Waals surface area contributed by atoms with Crippen LogP contribution in [0.1, 0.15) is 119 Å². The zero-order valence-corrected chi connectivity index (χ0v) is 38.2. The molecule has 0 aromatic heterocycles. The van der Waals surface area contributed by atoms with Crippen molar-refractivity contribution in [2.45, 2.75) is 235 Å². The Kier molecular flexibility index (Phi) is 13.5. The fourth-order valence-electron chi connectivity index (χ4n) is 14.2. The molecule has 9 aliphatic rings. The number of fused-ring (bicyclic) bond motifs is 5. The van der Waals surface area contributed by atoms with Crippen LogP contribution in [0.4, 0.5) is 0 Å². The highest BCUT2D eigenvalue weighted by molar-refractivity contribution is 5.85. The topological polar surface area (TPSA) is 242 Å². The van der Waals surface area contributed by atoms with Crippen LogP contribution in [0.15, 0.2) is 11.6 Å². The van der Waals surface area contributed by atoms with Crippen LogP contribution in [0.2, 0.25) is 0 Å². The summed E-state index contributed by atoms with van der Waals surface area (Å²) in [6.45, 7) is 11.6. The van der Waals surface area contributed by atoms with Crippen molar-refractivity contribution >= 4 is 5.97 Å². The maximum absolute atomic E-state index is 12.6. The van der Waals surface area contributed by atoms with E-state index in [0.29, 0.717) is 18.8 Å². The lowest BCUT2D eigenvalue weighted by Crippen LogP contribution is -2.67. The van der Waals surface area contributed by atoms with E-state index < -0.39 is 116 Å². The fraction of sp³-hybridized carbons (Fsp3) is 0.936. The second-order valence-electron chi connectivity index (χ2n) is 21.5. The number of ether oxygens (including phenoxy) is 9. The lowest BCUT2D eigenvalue weighted by molar-refractivity contribution is -0.344. The summed E-state index contributed by atoms with van der Waals surface area (Å²) in [6.07, 6.45) is -5.28. The molecular formula is C47H74O17. The second-order valence-corrected chi connectivity index (χ2v) is 21.5. The highest BCUT2D eigenvalue weighted by Crippen LogP contribution is 2.70. The van der Waals surface area contributed by atoms with Gasteiger partial charge in [0.1, 0.15) is 31.0 Å². The number of aliphatic hydroxyl groups excluding tert-OH is 6. The van der Waals surface area contributed by atoms with Crippen LogP contribution in [-0.4, -0.2) is 165 Å². The molecule has 4 aliphatic carbocycles. The number of aliphatic hydroxyl groups is 7. The van der Waals surface area contributed by atoms with Crippen LogP contribution in [-0.2, 0) is 47.4 Å². The summed E-state index contributed by atoms with van der Waals surface area (Å²) in [6, 6.07) is 0. The molecular weight excluding hydrogens is 837 g/mol. The predicted molar refractivity (Wildman–Crippen MR) is 222 cm³/mol. The van der Waals surface area contributed by atoms with Gasteiger partial charge in [0, 0.05) is 37.2 Å². The first-order valence-electron chi connectivity index (χ1n) is 24.2. The average molecular weight is 911 g/mol. The molecule has 0 bridgehead atoms. The lowest BCUT2D eigenvalue weighted by atomic mass is 9.42. The van der Waals surface area contributed by atoms with E-state index in [1.807, 2.05) is 13.8 Å². The molecule has 8 fully saturated rings. The van der Waals surface area contributed by atoms with Gasteiger partial charge in [-0.15, -0.1) is 0 Å². The molecule has 4 saturated carbocycles. The van der Waals surface area contributed by atoms with Gasteiger partial charge in [0.05, 0.1) is 66.6 Å². The van der Waals surface area contributed by atoms with E-state index in [1.54, 1.807) is 26.8 Å². The molecule has 5 heterocycles. The van der Waals surface area contributed by atoms with E-state index in [2.05, 4.69) is 6.92 Å². The van der Waals surface area contributed by atoms with E-state index in [4.69, 9.17) is 42.6 Å². The summed E-state index contributed by atoms with van der Waals surface area (Å²) < 4.78 is 54.5. The summed E-state index contributed by atoms with van der Waals surface area (Å²) in [5.74, 6) is 0.144. The van der Waals surface area contributed by atoms with Crippen LogP contribution >= 0.6 is 0 Å². The van der Waals surface area contributed by atoms with Gasteiger partial charge in [-0.2, -0.15) is 0 Å². The Morgan fingerprint density at radius 1 is 0.594 bits per heavy atom. The molecule has 0 aromatic rings. The monoisotopic (exact) mass is 910 g/mol. The second kappa shape index (κ2) is 18.2. The molecule has 0 aromatic carbocycles. The van der Waals surface area contributed by atoms with E-state index >= 15 is 0 Å². The third-order valence-electron chi connectivity index (χ3n) is 17.9. The van der Waals surface area contributed by atoms with Crippen molar-refractivity contribution in [3.05, 3.63) is 11.6 Å². The highest BCUT2D eigenvalue weighted by atomic mass is 16.8. The Morgan fingerprint density at radius 2 is 1.11 bits per heavy atom. The molecule has 0 spiro atoms. The Labute approximate surface area is 376 Å². The molecule has 17 nitrogen and oxygen atoms in total. The lowest BCUT2D eigenvalue weighted by Gasteiger charge is -2.65. The van der Waals surface area contributed by atoms with Crippen LogP contribution in [0, 0.1) is 34.5 Å². The van der Waals surface area contributed by atoms with Gasteiger partial charge in [-0.3, -0.25) is 0 Å². The van der Waals surface area contributed by atoms with Gasteiger partial charge in [0.15, 0.2) is 25.2 Å². The van der Waals surface area contributed by atoms with Crippen molar-refractivity contribution in [2.75, 3.05) is 6.61 Å². The number of carbonyl (C=O) groups is 1. The number of rotatable bonds is 9. The molecule has 0 unspecified atom stereocenters. The largest absolute Gasteiger partial charge is 0.458 e. The summed E-state index contributed by atoms with van der Waals surface area (Å²) in [4.78, 5) is 12.0. The highest BCUT2D eigenvalue weighted by Gasteiger charge is 2.71. The van der Waals surface area contributed by atoms with Gasteiger partial charge in [0.25, 0.3) is 0 Å². The number of esters is 1. The van der Waals surface area contributed by atoms with Crippen molar-refractivity contribution < 1.29 is 83.2 Å². The standard InChI is InChI=1S/C47H74O17/c1-21-41(54)31(48)16-38(57-21)62-43-23(3)59-40(18-33(43)50)64-44-24(4)60-39(19-34(44)51)63-42-22(2)58-37(17-32(42)49)61-27-9-11-45(5)26(14-27)7-8-29-30(45)15-35(52)46(6)28(10-12-47(29,46)55)25-13-36(53)56-20-25/h13,21-24,26-35,37-44,48-52,54-55H,7-12,14-20H2,1-6H3/t21-,22+,23+,24+,26+,27-,28+,29+,30-,31-,32+,33+,34+,35+,37-,38+,39-,40-,41+,42-,43-,44-,45-,46-,47-/m0/s1. The fourth-order valence-corrected chi connectivity index (χ4v) is 14.2. The number of cyclic esters (lactones) is 1. The minimum atomic E-state index is -1.03. The number of hydrogen-bond acceptors (Lipinski definition) is 17. The van der Waals surface area contributed by atoms with E-state index in [1.165, 1.54) is 0 Å². The van der Waals surface area contributed by atoms with Gasteiger partial charge in [-0.25, -0.2) is 4.79 Å². The molecule has 0 amide bonds. The molecule has 364 valence electrons. The van der Waals surface area contributed by atoms with Gasteiger partial charge >= 0.3 is 5.97 Å². The molecule has 25 atom stereocenters. The minimum absolute atomic E-state index is 0.0536. The number of carbonyl (C=O) groups excluding carboxylic acids is 1. The summed E-state index contributed by atoms with van der Waals surface area (Å²) >= 11 is 0. The zero-order valence-electron chi connectivity index (χ0n) is 38.2. The van der Waals surface area contributed by atoms with Crippen molar-refractivity contribution in [1.29, 1.82) is 0 Å². The first-order valence-corrected chi connectivity index (χ1v) is 24.2. The summed E-state index contributed by atoms with van der Waals surface area (Å²) in [5.41, 5.74) is -0.941. The smallest absolute Gasteiger partial charge is 0.331 e. The van der Waals surface area contributed by atoms with Crippen molar-refractivity contribution in [2.24, 2.45) is 34.5 Å². The summed E-state index contributed by atoms with van der Waals surface area (Å²) in [5, 5.41) is 78.4. The Bertz CT molecular complexity index is 1650. The van der Waals surface area contributed by atoms with Gasteiger partial charge in [-0.05, 0) is 114 Å². The van der Waals surface area contributed by atoms with Crippen LogP contribution < -0.4 is 0 Å². The van der Waals surface area contributed by atoms with Crippen LogP contribution in [0.25, 0.3) is 0 Å². The van der Waals surface area contributed by atoms with Crippen molar-refractivity contribution in [3.8, 4) is 0 Å². The third kappa shape index (κ3) is 8.45. The normalized spacial score (nSPS) is 55.5. The molecule has 9 rings (SSSR count). The molecule has 5 aliphatic heterocycles. The van der Waals surface area contributed by atoms with E-state index in [0.717, 1.165) is 44.1 Å². The Balaban J connectivity index is 0.738. The molecule has 17 heteroatoms. The van der Waals surface area contributed by atoms with Gasteiger partial charge in [-0.1, -0.05) is 13.8 Å². The average Bonchev–Trinajstić information content (AvgIpc) is 3.78. The third-order valence-corrected chi connectivity index (χ3v) is 17.9. The SMILES string of the molecule is C[C@@H]1O[C@H](O[C@@H]2[C@H](O)C[C@H](O[C@@H]3[C@H](O)C[C@H](O[C@@H]4[C@H](O)C[C@H](O[C@H]5CC[C@@]6(C)[C@H](CC[C@@H]7[C@@H]6C[C@@H](O)[C@]6(C)[C@@H](C8=CC(=O)OC8)CC[C@]76O)C5)O[C@@H]4C)O[C@@H]3C)O[C@@H]2C)C[C@H](O)[C@@H]1O. The van der Waals surface area contributed by atoms with Gasteiger partial charge in [0.2, 0.25) is 0 Å². The summed E-state index contributed by atoms with van der Waals surface area (Å²) in [7, 11) is 0. The van der Waals surface area contributed by atoms with Crippen molar-refractivity contribution in [1.82, 2.24) is 0 Å². The maximum atomic E-state index is 12.6. The predicted octanol–water partition coefficient (Wildman–Crippen LogP) is 2.10. The quantitative estimate of drug-likeness (QED) is 0.129. The first kappa shape index (κ1) is 47.7. The van der Waals surface area contributed by atoms with Crippen molar-refractivity contribution in [3.63, 3.8) is 0 Å². The minimum Gasteiger partial charge on any atom is -0.458 e. The molecule has 7 N–H and O–H groups in total. The van der Waals surface area contributed by atoms with E-state index in [-0.39, 0.29) is 67.5 Å². The Hall–Kier alpha value is -1.39. The zero-order chi connectivity index (χ0) is 45.6. The number of hydrogen-bond donors (Lipinski definition) is 7.